The summed E-state index contributed by atoms with van der Waals surface area (Å²) in [4.78, 5) is 0. The average Bonchev–Trinajstić information content (AvgIpc) is 2.33. The van der Waals surface area contributed by atoms with Gasteiger partial charge in [-0.2, -0.15) is 0 Å². The van der Waals surface area contributed by atoms with Gasteiger partial charge < -0.3 is 0 Å². The Morgan fingerprint density at radius 1 is 0.938 bits per heavy atom. The predicted molar refractivity (Wildman–Crippen MR) is 78.9 cm³/mol. The maximum atomic E-state index is 2.19. The zero-order valence-electron chi connectivity index (χ0n) is 11.9. The van der Waals surface area contributed by atoms with E-state index in [0.29, 0.717) is 0 Å². The molecule has 0 atom stereocenters. The fourth-order valence-electron chi connectivity index (χ4n) is 0.888. The zero-order chi connectivity index (χ0) is 13.0. The average molecular weight is 241 g/mol. The highest BCUT2D eigenvalue weighted by molar-refractivity contribution is 7.96. The van der Waals surface area contributed by atoms with Crippen LogP contribution in [-0.2, 0) is 5.75 Å². The van der Waals surface area contributed by atoms with Crippen LogP contribution in [0.5, 0.6) is 0 Å². The van der Waals surface area contributed by atoms with Gasteiger partial charge in [0.15, 0.2) is 0 Å². The smallest absolute Gasteiger partial charge is 0.0332 e. The van der Waals surface area contributed by atoms with E-state index in [-0.39, 0.29) is 0 Å². The minimum Gasteiger partial charge on any atom is -0.256 e. The molecule has 0 heterocycles. The first-order chi connectivity index (χ1) is 7.68. The SMILES string of the molecule is CC.CC.Cc1ccc(CSN(C)C)cc1. The largest absolute Gasteiger partial charge is 0.256 e. The van der Waals surface area contributed by atoms with Crippen LogP contribution in [-0.4, -0.2) is 18.4 Å². The van der Waals surface area contributed by atoms with Gasteiger partial charge in [0.05, 0.1) is 0 Å². The third-order valence-corrected chi connectivity index (χ3v) is 2.59. The normalized spacial score (nSPS) is 8.75. The highest BCUT2D eigenvalue weighted by Crippen LogP contribution is 2.13. The van der Waals surface area contributed by atoms with Gasteiger partial charge in [-0.3, -0.25) is 4.31 Å². The fraction of sp³-hybridized carbons (Fsp3) is 0.571. The lowest BCUT2D eigenvalue weighted by Crippen LogP contribution is -1.99. The lowest BCUT2D eigenvalue weighted by atomic mass is 10.2. The Kier molecular flexibility index (Phi) is 14.1. The van der Waals surface area contributed by atoms with E-state index in [1.807, 2.05) is 39.6 Å². The summed E-state index contributed by atoms with van der Waals surface area (Å²) in [7, 11) is 4.14. The summed E-state index contributed by atoms with van der Waals surface area (Å²) in [5, 5.41) is 0. The van der Waals surface area contributed by atoms with E-state index in [9.17, 15) is 0 Å². The Morgan fingerprint density at radius 2 is 1.38 bits per heavy atom. The molecule has 0 N–H and O–H groups in total. The minimum atomic E-state index is 1.06. The molecule has 1 nitrogen and oxygen atoms in total. The van der Waals surface area contributed by atoms with Crippen molar-refractivity contribution in [3.05, 3.63) is 35.4 Å². The van der Waals surface area contributed by atoms with E-state index in [1.165, 1.54) is 11.1 Å². The first-order valence-electron chi connectivity index (χ1n) is 6.04. The van der Waals surface area contributed by atoms with Gasteiger partial charge >= 0.3 is 0 Å². The highest BCUT2D eigenvalue weighted by Gasteiger charge is 1.93. The van der Waals surface area contributed by atoms with Crippen molar-refractivity contribution in [2.24, 2.45) is 0 Å². The van der Waals surface area contributed by atoms with Crippen LogP contribution in [0.25, 0.3) is 0 Å². The van der Waals surface area contributed by atoms with Crippen LogP contribution >= 0.6 is 11.9 Å². The van der Waals surface area contributed by atoms with Crippen molar-refractivity contribution >= 4 is 11.9 Å². The summed E-state index contributed by atoms with van der Waals surface area (Å²) in [6, 6.07) is 8.69. The predicted octanol–water partition coefficient (Wildman–Crippen LogP) is 4.76. The van der Waals surface area contributed by atoms with E-state index < -0.39 is 0 Å². The molecule has 0 unspecified atom stereocenters. The summed E-state index contributed by atoms with van der Waals surface area (Å²) < 4.78 is 2.12. The fourth-order valence-corrected chi connectivity index (χ4v) is 1.49. The van der Waals surface area contributed by atoms with Gasteiger partial charge in [-0.1, -0.05) is 69.5 Å². The summed E-state index contributed by atoms with van der Waals surface area (Å²) in [5.74, 6) is 1.06. The summed E-state index contributed by atoms with van der Waals surface area (Å²) in [5.41, 5.74) is 2.72. The van der Waals surface area contributed by atoms with Crippen LogP contribution in [0.1, 0.15) is 38.8 Å². The van der Waals surface area contributed by atoms with Crippen LogP contribution in [0.2, 0.25) is 0 Å². The molecule has 0 fully saturated rings. The lowest BCUT2D eigenvalue weighted by molar-refractivity contribution is 0.702. The standard InChI is InChI=1S/C10H15NS.2C2H6/c1-9-4-6-10(7-5-9)8-12-11(2)3;2*1-2/h4-7H,8H2,1-3H3;2*1-2H3. The van der Waals surface area contributed by atoms with Crippen molar-refractivity contribution in [3.8, 4) is 0 Å². The monoisotopic (exact) mass is 241 g/mol. The summed E-state index contributed by atoms with van der Waals surface area (Å²) >= 11 is 1.82. The van der Waals surface area contributed by atoms with E-state index in [0.717, 1.165) is 5.75 Å². The molecule has 2 heteroatoms. The van der Waals surface area contributed by atoms with Crippen LogP contribution in [0, 0.1) is 6.92 Å². The molecule has 0 spiro atoms. The molecule has 0 amide bonds. The third kappa shape index (κ3) is 10.1. The molecule has 0 aliphatic carbocycles. The molecule has 0 aliphatic heterocycles. The van der Waals surface area contributed by atoms with Gasteiger partial charge in [0.1, 0.15) is 0 Å². The van der Waals surface area contributed by atoms with E-state index in [2.05, 4.69) is 49.6 Å². The maximum Gasteiger partial charge on any atom is 0.0332 e. The molecule has 16 heavy (non-hydrogen) atoms. The van der Waals surface area contributed by atoms with Crippen LogP contribution in [0.4, 0.5) is 0 Å². The van der Waals surface area contributed by atoms with Crippen LogP contribution < -0.4 is 0 Å². The van der Waals surface area contributed by atoms with Gasteiger partial charge in [-0.15, -0.1) is 0 Å². The summed E-state index contributed by atoms with van der Waals surface area (Å²) in [6.07, 6.45) is 0. The molecule has 0 radical (unpaired) electrons. The second kappa shape index (κ2) is 12.6. The minimum absolute atomic E-state index is 1.06. The second-order valence-electron chi connectivity index (χ2n) is 3.07. The molecular weight excluding hydrogens is 214 g/mol. The maximum absolute atomic E-state index is 2.19. The highest BCUT2D eigenvalue weighted by atomic mass is 32.2. The van der Waals surface area contributed by atoms with Gasteiger partial charge in [-0.25, -0.2) is 0 Å². The Labute approximate surface area is 106 Å². The van der Waals surface area contributed by atoms with E-state index >= 15 is 0 Å². The van der Waals surface area contributed by atoms with E-state index in [1.54, 1.807) is 0 Å². The van der Waals surface area contributed by atoms with Crippen molar-refractivity contribution in [1.29, 1.82) is 0 Å². The molecule has 94 valence electrons. The summed E-state index contributed by atoms with van der Waals surface area (Å²) in [6.45, 7) is 10.1. The van der Waals surface area contributed by atoms with Crippen molar-refractivity contribution in [2.45, 2.75) is 40.4 Å². The molecule has 0 saturated heterocycles. The molecule has 0 bridgehead atoms. The van der Waals surface area contributed by atoms with Crippen LogP contribution in [0.3, 0.4) is 0 Å². The van der Waals surface area contributed by atoms with Gasteiger partial charge in [-0.05, 0) is 26.6 Å². The van der Waals surface area contributed by atoms with Crippen molar-refractivity contribution < 1.29 is 0 Å². The number of hydrogen-bond acceptors (Lipinski definition) is 2. The van der Waals surface area contributed by atoms with Crippen LogP contribution in [0.15, 0.2) is 24.3 Å². The Morgan fingerprint density at radius 3 is 1.75 bits per heavy atom. The molecule has 1 aromatic carbocycles. The van der Waals surface area contributed by atoms with Gasteiger partial charge in [0, 0.05) is 5.75 Å². The Balaban J connectivity index is 0. The molecule has 1 aromatic rings. The number of aryl methyl sites for hydroxylation is 1. The first kappa shape index (κ1) is 17.9. The lowest BCUT2D eigenvalue weighted by Gasteiger charge is -2.07. The van der Waals surface area contributed by atoms with Gasteiger partial charge in [0.2, 0.25) is 0 Å². The third-order valence-electron chi connectivity index (χ3n) is 1.61. The Hall–Kier alpha value is -0.470. The Bertz CT molecular complexity index is 229. The van der Waals surface area contributed by atoms with Crippen molar-refractivity contribution in [2.75, 3.05) is 14.1 Å². The first-order valence-corrected chi connectivity index (χ1v) is 6.98. The number of nitrogens with zero attached hydrogens (tertiary/aromatic N) is 1. The number of hydrogen-bond donors (Lipinski definition) is 0. The van der Waals surface area contributed by atoms with Gasteiger partial charge in [0.25, 0.3) is 0 Å². The second-order valence-corrected chi connectivity index (χ2v) is 4.35. The number of rotatable bonds is 3. The van der Waals surface area contributed by atoms with Crippen molar-refractivity contribution in [1.82, 2.24) is 4.31 Å². The zero-order valence-corrected chi connectivity index (χ0v) is 12.7. The van der Waals surface area contributed by atoms with E-state index in [4.69, 9.17) is 0 Å². The van der Waals surface area contributed by atoms with Crippen molar-refractivity contribution in [3.63, 3.8) is 0 Å². The molecule has 0 aliphatic rings. The molecule has 0 saturated carbocycles. The quantitative estimate of drug-likeness (QED) is 0.702. The number of benzene rings is 1. The molecule has 0 aromatic heterocycles. The molecule has 1 rings (SSSR count). The topological polar surface area (TPSA) is 3.24 Å². The molecular formula is C14H27NS.